The van der Waals surface area contributed by atoms with Crippen molar-refractivity contribution in [1.29, 1.82) is 0 Å². The molecule has 2 bridgehead atoms. The Morgan fingerprint density at radius 3 is 2.64 bits per heavy atom. The highest BCUT2D eigenvalue weighted by atomic mass is 16.5. The summed E-state index contributed by atoms with van der Waals surface area (Å²) in [5.74, 6) is 3.02. The van der Waals surface area contributed by atoms with Gasteiger partial charge in [0.1, 0.15) is 5.75 Å². The molecule has 4 heteroatoms. The molecular formula is C18H24N2O2. The molecule has 1 aromatic rings. The van der Waals surface area contributed by atoms with E-state index in [0.717, 1.165) is 28.9 Å². The number of carbonyl (C=O) groups excluding carboxylic acids is 1. The predicted octanol–water partition coefficient (Wildman–Crippen LogP) is 3.17. The molecule has 0 saturated heterocycles. The number of hydrogen-bond donors (Lipinski definition) is 1. The molecule has 2 aliphatic carbocycles. The van der Waals surface area contributed by atoms with Gasteiger partial charge in [0.2, 0.25) is 5.91 Å². The van der Waals surface area contributed by atoms with Crippen LogP contribution >= 0.6 is 0 Å². The number of hydrazone groups is 1. The van der Waals surface area contributed by atoms with Crippen LogP contribution in [-0.4, -0.2) is 18.7 Å². The first kappa shape index (κ1) is 15.1. The van der Waals surface area contributed by atoms with Gasteiger partial charge in [-0.25, -0.2) is 5.43 Å². The predicted molar refractivity (Wildman–Crippen MR) is 86.9 cm³/mol. The molecule has 1 N–H and O–H groups in total. The topological polar surface area (TPSA) is 50.7 Å². The fourth-order valence-electron chi connectivity index (χ4n) is 3.96. The van der Waals surface area contributed by atoms with Gasteiger partial charge < -0.3 is 4.74 Å². The number of rotatable bonds is 5. The summed E-state index contributed by atoms with van der Waals surface area (Å²) in [6.45, 7) is 2.05. The van der Waals surface area contributed by atoms with Gasteiger partial charge in [-0.2, -0.15) is 5.10 Å². The maximum Gasteiger partial charge on any atom is 0.244 e. The minimum Gasteiger partial charge on any atom is -0.497 e. The lowest BCUT2D eigenvalue weighted by atomic mass is 9.86. The Hall–Kier alpha value is -1.84. The van der Waals surface area contributed by atoms with Crippen LogP contribution in [0.1, 0.15) is 38.2 Å². The Morgan fingerprint density at radius 1 is 1.27 bits per heavy atom. The zero-order valence-electron chi connectivity index (χ0n) is 13.3. The molecule has 2 fully saturated rings. The molecular weight excluding hydrogens is 276 g/mol. The zero-order valence-corrected chi connectivity index (χ0v) is 13.3. The molecule has 2 saturated carbocycles. The average Bonchev–Trinajstić information content (AvgIpc) is 3.16. The summed E-state index contributed by atoms with van der Waals surface area (Å²) in [6.07, 6.45) is 5.68. The average molecular weight is 300 g/mol. The van der Waals surface area contributed by atoms with Crippen LogP contribution in [0.3, 0.4) is 0 Å². The van der Waals surface area contributed by atoms with Crippen LogP contribution in [0.15, 0.2) is 29.4 Å². The number of benzene rings is 1. The lowest BCUT2D eigenvalue weighted by Crippen LogP contribution is -2.25. The van der Waals surface area contributed by atoms with Gasteiger partial charge in [-0.3, -0.25) is 4.79 Å². The molecule has 118 valence electrons. The molecule has 3 atom stereocenters. The van der Waals surface area contributed by atoms with Crippen LogP contribution in [0.5, 0.6) is 5.75 Å². The molecule has 0 aliphatic heterocycles. The number of fused-ring (bicyclic) bond motifs is 2. The highest BCUT2D eigenvalue weighted by Gasteiger charge is 2.40. The van der Waals surface area contributed by atoms with E-state index in [0.29, 0.717) is 12.3 Å². The molecule has 0 heterocycles. The van der Waals surface area contributed by atoms with Crippen molar-refractivity contribution in [2.75, 3.05) is 7.11 Å². The summed E-state index contributed by atoms with van der Waals surface area (Å²) in [4.78, 5) is 12.0. The minimum atomic E-state index is -0.0623. The maximum absolute atomic E-state index is 12.0. The smallest absolute Gasteiger partial charge is 0.244 e. The van der Waals surface area contributed by atoms with Crippen LogP contribution < -0.4 is 10.2 Å². The highest BCUT2D eigenvalue weighted by Crippen LogP contribution is 2.48. The highest BCUT2D eigenvalue weighted by molar-refractivity contribution is 5.87. The molecule has 0 unspecified atom stereocenters. The molecule has 22 heavy (non-hydrogen) atoms. The van der Waals surface area contributed by atoms with E-state index in [9.17, 15) is 4.79 Å². The normalized spacial score (nSPS) is 27.0. The number of nitrogens with zero attached hydrogens (tertiary/aromatic N) is 1. The van der Waals surface area contributed by atoms with Gasteiger partial charge in [0, 0.05) is 11.6 Å². The van der Waals surface area contributed by atoms with Crippen molar-refractivity contribution in [3.63, 3.8) is 0 Å². The van der Waals surface area contributed by atoms with Crippen molar-refractivity contribution in [3.8, 4) is 5.75 Å². The minimum absolute atomic E-state index is 0.0623. The number of nitrogens with one attached hydrogen (secondary N) is 1. The Kier molecular flexibility index (Phi) is 4.46. The van der Waals surface area contributed by atoms with Gasteiger partial charge in [-0.1, -0.05) is 18.6 Å². The van der Waals surface area contributed by atoms with Gasteiger partial charge >= 0.3 is 0 Å². The Labute approximate surface area is 131 Å². The second-order valence-electron chi connectivity index (χ2n) is 6.59. The van der Waals surface area contributed by atoms with Crippen LogP contribution in [-0.2, 0) is 11.2 Å². The number of hydrogen-bond acceptors (Lipinski definition) is 3. The van der Waals surface area contributed by atoms with Crippen molar-refractivity contribution in [1.82, 2.24) is 5.43 Å². The summed E-state index contributed by atoms with van der Waals surface area (Å²) in [5.41, 5.74) is 4.77. The molecule has 0 radical (unpaired) electrons. The van der Waals surface area contributed by atoms with Gasteiger partial charge in [-0.15, -0.1) is 0 Å². The maximum atomic E-state index is 12.0. The first-order valence-electron chi connectivity index (χ1n) is 8.11. The molecule has 1 aromatic carbocycles. The molecule has 2 aliphatic rings. The van der Waals surface area contributed by atoms with E-state index >= 15 is 0 Å². The zero-order chi connectivity index (χ0) is 15.5. The van der Waals surface area contributed by atoms with Crippen molar-refractivity contribution >= 4 is 11.6 Å². The number of amides is 1. The second-order valence-corrected chi connectivity index (χ2v) is 6.59. The Bertz CT molecular complexity index is 565. The first-order valence-corrected chi connectivity index (χ1v) is 8.11. The lowest BCUT2D eigenvalue weighted by Gasteiger charge is -2.21. The first-order chi connectivity index (χ1) is 10.7. The Balaban J connectivity index is 1.51. The summed E-state index contributed by atoms with van der Waals surface area (Å²) in [6, 6.07) is 7.55. The van der Waals surface area contributed by atoms with E-state index in [1.54, 1.807) is 7.11 Å². The molecule has 4 nitrogen and oxygen atoms in total. The molecule has 0 aromatic heterocycles. The fraction of sp³-hybridized carbons (Fsp3) is 0.556. The summed E-state index contributed by atoms with van der Waals surface area (Å²) in [5, 5.41) is 4.35. The van der Waals surface area contributed by atoms with Gasteiger partial charge in [-0.05, 0) is 55.7 Å². The third-order valence-electron chi connectivity index (χ3n) is 5.16. The number of methoxy groups -OCH3 is 1. The second kappa shape index (κ2) is 6.51. The SMILES string of the molecule is COc1ccc(CC(=O)N/N=C(/C)[C@@H]2C[C@H]3CC[C@H]2C3)cc1. The summed E-state index contributed by atoms with van der Waals surface area (Å²) >= 11 is 0. The van der Waals surface area contributed by atoms with Crippen LogP contribution in [0.25, 0.3) is 0 Å². The van der Waals surface area contributed by atoms with Crippen LogP contribution in [0, 0.1) is 17.8 Å². The third-order valence-corrected chi connectivity index (χ3v) is 5.16. The molecule has 3 rings (SSSR count). The van der Waals surface area contributed by atoms with Crippen LogP contribution in [0.2, 0.25) is 0 Å². The van der Waals surface area contributed by atoms with E-state index in [1.807, 2.05) is 24.3 Å². The molecule has 0 spiro atoms. The number of ether oxygens (including phenoxy) is 1. The van der Waals surface area contributed by atoms with Gasteiger partial charge in [0.25, 0.3) is 0 Å². The van der Waals surface area contributed by atoms with E-state index in [1.165, 1.54) is 25.7 Å². The van der Waals surface area contributed by atoms with Gasteiger partial charge in [0.05, 0.1) is 13.5 Å². The third kappa shape index (κ3) is 3.32. The van der Waals surface area contributed by atoms with Crippen LogP contribution in [0.4, 0.5) is 0 Å². The standard InChI is InChI=1S/C18H24N2O2/c1-12(17-10-14-3-6-15(17)9-14)19-20-18(21)11-13-4-7-16(22-2)8-5-13/h4-5,7-8,14-15,17H,3,6,9-11H2,1-2H3,(H,20,21)/b19-12-/t14-,15-,17-/m0/s1. The summed E-state index contributed by atoms with van der Waals surface area (Å²) in [7, 11) is 1.63. The van der Waals surface area contributed by atoms with E-state index < -0.39 is 0 Å². The largest absolute Gasteiger partial charge is 0.497 e. The van der Waals surface area contributed by atoms with Crippen molar-refractivity contribution in [2.45, 2.75) is 39.0 Å². The quantitative estimate of drug-likeness (QED) is 0.671. The number of carbonyl (C=O) groups is 1. The van der Waals surface area contributed by atoms with Crippen molar-refractivity contribution < 1.29 is 9.53 Å². The Morgan fingerprint density at radius 2 is 2.05 bits per heavy atom. The fourth-order valence-corrected chi connectivity index (χ4v) is 3.96. The molecule has 1 amide bonds. The van der Waals surface area contributed by atoms with E-state index in [2.05, 4.69) is 17.5 Å². The monoisotopic (exact) mass is 300 g/mol. The lowest BCUT2D eigenvalue weighted by molar-refractivity contribution is -0.120. The van der Waals surface area contributed by atoms with Crippen molar-refractivity contribution in [3.05, 3.63) is 29.8 Å². The summed E-state index contributed by atoms with van der Waals surface area (Å²) < 4.78 is 5.11. The van der Waals surface area contributed by atoms with E-state index in [-0.39, 0.29) is 5.91 Å². The van der Waals surface area contributed by atoms with Crippen molar-refractivity contribution in [2.24, 2.45) is 22.9 Å². The van der Waals surface area contributed by atoms with Gasteiger partial charge in [0.15, 0.2) is 0 Å². The van der Waals surface area contributed by atoms with E-state index in [4.69, 9.17) is 4.74 Å².